The highest BCUT2D eigenvalue weighted by atomic mass is 16.5. The van der Waals surface area contributed by atoms with Gasteiger partial charge in [-0.05, 0) is 79.8 Å². The van der Waals surface area contributed by atoms with Crippen molar-refractivity contribution in [3.05, 3.63) is 101 Å². The number of Topliss-reactive ketones (excluding diaryl/α,β-unsaturated/α-hetero) is 1. The number of nitriles is 1. The van der Waals surface area contributed by atoms with Crippen molar-refractivity contribution in [2.75, 3.05) is 33.3 Å². The third kappa shape index (κ3) is 7.04. The van der Waals surface area contributed by atoms with Crippen LogP contribution in [-0.4, -0.2) is 65.8 Å². The number of ether oxygens (including phenoxy) is 1. The van der Waals surface area contributed by atoms with Gasteiger partial charge in [0.15, 0.2) is 5.78 Å². The number of hydrogen-bond donors (Lipinski definition) is 1. The Morgan fingerprint density at radius 2 is 1.62 bits per heavy atom. The summed E-state index contributed by atoms with van der Waals surface area (Å²) in [6, 6.07) is 21.0. The number of carbonyl (C=O) groups is 2. The molecule has 2 aromatic carbocycles. The van der Waals surface area contributed by atoms with Crippen LogP contribution in [0.15, 0.2) is 73.4 Å². The molecule has 3 heterocycles. The third-order valence-electron chi connectivity index (χ3n) is 8.36. The van der Waals surface area contributed by atoms with E-state index in [1.807, 2.05) is 60.7 Å². The number of carbonyl (C=O) groups excluding carboxylic acids is 2. The lowest BCUT2D eigenvalue weighted by atomic mass is 9.88. The number of nitrogens with one attached hydrogen (secondary N) is 1. The lowest BCUT2D eigenvalue weighted by Crippen LogP contribution is -2.44. The molecular formula is C34H37N5O3. The molecule has 5 rings (SSSR count). The molecular weight excluding hydrogens is 526 g/mol. The lowest BCUT2D eigenvalue weighted by molar-refractivity contribution is 0.0868. The Kier molecular flexibility index (Phi) is 9.30. The molecule has 1 N–H and O–H groups in total. The van der Waals surface area contributed by atoms with Crippen LogP contribution in [0.5, 0.6) is 5.75 Å². The second kappa shape index (κ2) is 13.5. The molecule has 216 valence electrons. The van der Waals surface area contributed by atoms with E-state index >= 15 is 0 Å². The Labute approximate surface area is 247 Å². The average Bonchev–Trinajstić information content (AvgIpc) is 3.05. The average molecular weight is 564 g/mol. The molecule has 2 aliphatic rings. The number of pyridine rings is 1. The molecule has 1 aromatic heterocycles. The topological polar surface area (TPSA) is 98.6 Å². The first-order valence-electron chi connectivity index (χ1n) is 14.5. The van der Waals surface area contributed by atoms with E-state index in [1.165, 1.54) is 5.56 Å². The van der Waals surface area contributed by atoms with Gasteiger partial charge in [0, 0.05) is 56.4 Å². The van der Waals surface area contributed by atoms with Gasteiger partial charge in [-0.2, -0.15) is 5.26 Å². The van der Waals surface area contributed by atoms with E-state index in [1.54, 1.807) is 13.3 Å². The smallest absolute Gasteiger partial charge is 0.253 e. The molecule has 42 heavy (non-hydrogen) atoms. The Hall–Kier alpha value is -4.48. The number of ketones is 1. The highest BCUT2D eigenvalue weighted by Gasteiger charge is 2.27. The summed E-state index contributed by atoms with van der Waals surface area (Å²) in [5, 5.41) is 12.1. The summed E-state index contributed by atoms with van der Waals surface area (Å²) in [4.78, 5) is 35.0. The molecule has 0 spiro atoms. The number of nitrogens with zero attached hydrogens (tertiary/aromatic N) is 4. The minimum absolute atomic E-state index is 0.00990. The molecule has 0 bridgehead atoms. The second-order valence-electron chi connectivity index (χ2n) is 11.1. The first-order valence-corrected chi connectivity index (χ1v) is 14.5. The van der Waals surface area contributed by atoms with E-state index in [0.717, 1.165) is 81.1 Å². The van der Waals surface area contributed by atoms with Crippen molar-refractivity contribution >= 4 is 17.4 Å². The van der Waals surface area contributed by atoms with Gasteiger partial charge in [0.25, 0.3) is 5.91 Å². The minimum Gasteiger partial charge on any atom is -0.497 e. The van der Waals surface area contributed by atoms with E-state index in [4.69, 9.17) is 10.00 Å². The molecule has 1 amide bonds. The van der Waals surface area contributed by atoms with E-state index in [-0.39, 0.29) is 23.7 Å². The van der Waals surface area contributed by atoms with Crippen LogP contribution in [0.25, 0.3) is 5.70 Å². The van der Waals surface area contributed by atoms with E-state index in [0.29, 0.717) is 11.1 Å². The van der Waals surface area contributed by atoms with E-state index in [9.17, 15) is 9.59 Å². The largest absolute Gasteiger partial charge is 0.497 e. The van der Waals surface area contributed by atoms with Crippen LogP contribution in [-0.2, 0) is 6.54 Å². The van der Waals surface area contributed by atoms with Crippen molar-refractivity contribution in [3.8, 4) is 11.8 Å². The zero-order valence-electron chi connectivity index (χ0n) is 24.1. The molecule has 0 radical (unpaired) electrons. The molecule has 0 atom stereocenters. The molecule has 8 heteroatoms. The number of benzene rings is 2. The maximum Gasteiger partial charge on any atom is 0.253 e. The molecule has 2 saturated heterocycles. The van der Waals surface area contributed by atoms with Crippen LogP contribution < -0.4 is 10.1 Å². The van der Waals surface area contributed by atoms with Gasteiger partial charge >= 0.3 is 0 Å². The molecule has 2 fully saturated rings. The molecule has 0 saturated carbocycles. The van der Waals surface area contributed by atoms with Crippen LogP contribution in [0.2, 0.25) is 0 Å². The Morgan fingerprint density at radius 1 is 0.952 bits per heavy atom. The summed E-state index contributed by atoms with van der Waals surface area (Å²) in [6.07, 6.45) is 4.92. The second-order valence-corrected chi connectivity index (χ2v) is 11.1. The third-order valence-corrected chi connectivity index (χ3v) is 8.36. The van der Waals surface area contributed by atoms with Gasteiger partial charge in [-0.25, -0.2) is 0 Å². The Morgan fingerprint density at radius 3 is 2.21 bits per heavy atom. The number of hydrogen-bond acceptors (Lipinski definition) is 7. The van der Waals surface area contributed by atoms with Crippen LogP contribution in [0.4, 0.5) is 0 Å². The molecule has 8 nitrogen and oxygen atoms in total. The number of aromatic nitrogens is 1. The summed E-state index contributed by atoms with van der Waals surface area (Å²) in [5.41, 5.74) is 4.67. The van der Waals surface area contributed by atoms with Crippen molar-refractivity contribution in [1.29, 1.82) is 5.26 Å². The maximum absolute atomic E-state index is 13.0. The van der Waals surface area contributed by atoms with Gasteiger partial charge in [-0.15, -0.1) is 0 Å². The fourth-order valence-electron chi connectivity index (χ4n) is 5.71. The van der Waals surface area contributed by atoms with Gasteiger partial charge in [0.05, 0.1) is 35.7 Å². The number of methoxy groups -OCH3 is 1. The highest BCUT2D eigenvalue weighted by Crippen LogP contribution is 2.27. The number of amides is 1. The van der Waals surface area contributed by atoms with Crippen molar-refractivity contribution in [2.24, 2.45) is 5.92 Å². The predicted molar refractivity (Wildman–Crippen MR) is 162 cm³/mol. The van der Waals surface area contributed by atoms with Gasteiger partial charge in [-0.3, -0.25) is 19.5 Å². The summed E-state index contributed by atoms with van der Waals surface area (Å²) in [7, 11) is 1.61. The molecule has 0 unspecified atom stereocenters. The highest BCUT2D eigenvalue weighted by molar-refractivity contribution is 5.98. The predicted octanol–water partition coefficient (Wildman–Crippen LogP) is 4.92. The fraction of sp³-hybridized carbons (Fsp3) is 0.353. The van der Waals surface area contributed by atoms with Crippen molar-refractivity contribution in [2.45, 2.75) is 38.3 Å². The Bertz CT molecular complexity index is 1430. The van der Waals surface area contributed by atoms with Crippen LogP contribution in [0, 0.1) is 17.2 Å². The van der Waals surface area contributed by atoms with E-state index < -0.39 is 0 Å². The number of likely N-dealkylation sites (tertiary alicyclic amines) is 2. The number of piperidine rings is 2. The minimum atomic E-state index is -0.108. The van der Waals surface area contributed by atoms with Crippen LogP contribution in [0.1, 0.15) is 63.2 Å². The van der Waals surface area contributed by atoms with Gasteiger partial charge < -0.3 is 15.0 Å². The molecule has 0 aliphatic carbocycles. The van der Waals surface area contributed by atoms with Crippen molar-refractivity contribution < 1.29 is 14.3 Å². The fourth-order valence-corrected chi connectivity index (χ4v) is 5.71. The lowest BCUT2D eigenvalue weighted by Gasteiger charge is -2.34. The van der Waals surface area contributed by atoms with Crippen molar-refractivity contribution in [3.63, 3.8) is 0 Å². The molecule has 3 aromatic rings. The quantitative estimate of drug-likeness (QED) is 0.369. The normalized spacial score (nSPS) is 16.4. The first-order chi connectivity index (χ1) is 20.4. The van der Waals surface area contributed by atoms with Gasteiger partial charge in [0.1, 0.15) is 5.75 Å². The molecule has 2 aliphatic heterocycles. The number of rotatable bonds is 9. The maximum atomic E-state index is 13.0. The summed E-state index contributed by atoms with van der Waals surface area (Å²) in [5.74, 6) is 0.798. The van der Waals surface area contributed by atoms with Crippen molar-refractivity contribution in [1.82, 2.24) is 20.1 Å². The van der Waals surface area contributed by atoms with E-state index in [2.05, 4.69) is 32.7 Å². The Balaban J connectivity index is 1.06. The zero-order valence-corrected chi connectivity index (χ0v) is 24.1. The zero-order chi connectivity index (χ0) is 29.5. The summed E-state index contributed by atoms with van der Waals surface area (Å²) < 4.78 is 5.19. The van der Waals surface area contributed by atoms with Crippen LogP contribution >= 0.6 is 0 Å². The summed E-state index contributed by atoms with van der Waals surface area (Å²) in [6.45, 7) is 8.39. The summed E-state index contributed by atoms with van der Waals surface area (Å²) >= 11 is 0. The SMILES string of the molecule is C=C(c1ccc(C(=O)NC2CCN(Cc3ccc(C#N)cc3)CC2)cn1)N1CCC(C(=O)c2ccc(OC)cc2)CC1. The first kappa shape index (κ1) is 29.0. The standard InChI is InChI=1S/C34H37N5O3/c1-24(39-19-13-28(14-20-39)33(40)27-7-10-31(42-2)11-8-27)32-12-9-29(22-36-32)34(41)37-30-15-17-38(18-16-30)23-26-5-3-25(21-35)4-6-26/h3-12,22,28,30H,1,13-20,23H2,2H3,(H,37,41). The van der Waals surface area contributed by atoms with Gasteiger partial charge in [0.2, 0.25) is 0 Å². The monoisotopic (exact) mass is 563 g/mol. The van der Waals surface area contributed by atoms with Crippen LogP contribution in [0.3, 0.4) is 0 Å². The van der Waals surface area contributed by atoms with Gasteiger partial charge in [-0.1, -0.05) is 18.7 Å².